The van der Waals surface area contributed by atoms with Crippen LogP contribution in [0.4, 0.5) is 0 Å². The van der Waals surface area contributed by atoms with Crippen LogP contribution in [0, 0.1) is 5.41 Å². The molecular formula is C47H68N16O14. The minimum atomic E-state index is -1.65. The lowest BCUT2D eigenvalue weighted by molar-refractivity contribution is -0.141. The van der Waals surface area contributed by atoms with E-state index in [-0.39, 0.29) is 116 Å². The van der Waals surface area contributed by atoms with Gasteiger partial charge >= 0.3 is 5.97 Å². The Kier molecular flexibility index (Phi) is 28.3. The van der Waals surface area contributed by atoms with Crippen molar-refractivity contribution in [2.75, 3.05) is 59.0 Å². The summed E-state index contributed by atoms with van der Waals surface area (Å²) in [7, 11) is 0. The summed E-state index contributed by atoms with van der Waals surface area (Å²) in [5.41, 5.74) is 14.3. The molecule has 0 aromatic heterocycles. The predicted octanol–water partition coefficient (Wildman–Crippen LogP) is -3.76. The van der Waals surface area contributed by atoms with Gasteiger partial charge in [0.05, 0.1) is 26.2 Å². The van der Waals surface area contributed by atoms with Gasteiger partial charge in [-0.05, 0) is 62.5 Å². The minimum absolute atomic E-state index is 0.0000122. The van der Waals surface area contributed by atoms with Crippen LogP contribution in [0.2, 0.25) is 0 Å². The molecule has 14 N–H and O–H groups in total. The maximum absolute atomic E-state index is 14.0. The first kappa shape index (κ1) is 62.6. The number of carboxylic acid groups (broad SMARTS) is 1. The molecule has 0 aliphatic carbocycles. The number of imide groups is 1. The Bertz CT molecular complexity index is 2330. The summed E-state index contributed by atoms with van der Waals surface area (Å²) < 4.78 is 5.53. The van der Waals surface area contributed by atoms with Crippen LogP contribution in [-0.2, 0) is 68.7 Å². The average Bonchev–Trinajstić information content (AvgIpc) is 3.71. The van der Waals surface area contributed by atoms with E-state index in [0.29, 0.717) is 24.8 Å². The van der Waals surface area contributed by atoms with E-state index in [1.165, 1.54) is 0 Å². The number of hydrogen-bond acceptors (Lipinski definition) is 15. The Hall–Kier alpha value is -8.66. The van der Waals surface area contributed by atoms with E-state index < -0.39 is 108 Å². The number of nitrogens with one attached hydrogen (secondary N) is 11. The summed E-state index contributed by atoms with van der Waals surface area (Å²) in [4.78, 5) is 157. The Morgan fingerprint density at radius 2 is 1.34 bits per heavy atom. The molecule has 420 valence electrons. The highest BCUT2D eigenvalue weighted by atomic mass is 16.5. The topological polar surface area (TPSA) is 456 Å². The third-order valence-corrected chi connectivity index (χ3v) is 11.5. The standard InChI is InChI=1S/C47H68N16O14/c48-47(49)54-20-8-13-31-43(73)55-27-38(67)58-34(26-41(70)71)46(76)61-33(25-29-9-2-1-3-10-29)45(75)60-32(44(74)59-31)12-5-6-18-51-35(64)17-23-77-24-21-53-42(72)30(11-4-7-19-52-37(66)28-56-62-50)57-36(65)16-22-63-39(68)14-15-40(63)69/h1-3,9-10,14-15,30-34H,4-8,11-13,16-28H2,(H,51,64)(H,52,66)(H,53,72)(H,55,73)(H,57,65)(H,58,67)(H,59,74)(H,60,75)(H,61,76)(H,70,71)(H4,48,49,54)/t30-,31-,32-,33+,34-/m0/s1. The fourth-order valence-corrected chi connectivity index (χ4v) is 7.54. The van der Waals surface area contributed by atoms with Gasteiger partial charge in [-0.2, -0.15) is 0 Å². The molecule has 0 unspecified atom stereocenters. The van der Waals surface area contributed by atoms with Gasteiger partial charge in [-0.25, -0.2) is 0 Å². The van der Waals surface area contributed by atoms with Gasteiger partial charge in [0.1, 0.15) is 36.8 Å². The van der Waals surface area contributed by atoms with Gasteiger partial charge in [-0.3, -0.25) is 67.8 Å². The average molecular weight is 1080 g/mol. The summed E-state index contributed by atoms with van der Waals surface area (Å²) in [6.45, 7) is -0.803. The van der Waals surface area contributed by atoms with Crippen molar-refractivity contribution in [2.24, 2.45) is 10.8 Å². The van der Waals surface area contributed by atoms with Crippen molar-refractivity contribution in [3.8, 4) is 0 Å². The van der Waals surface area contributed by atoms with Gasteiger partial charge in [0.2, 0.25) is 53.2 Å². The maximum Gasteiger partial charge on any atom is 0.305 e. The van der Waals surface area contributed by atoms with Gasteiger partial charge in [-0.15, -0.1) is 0 Å². The zero-order valence-corrected chi connectivity index (χ0v) is 42.4. The van der Waals surface area contributed by atoms with Gasteiger partial charge in [0.25, 0.3) is 11.8 Å². The fourth-order valence-electron chi connectivity index (χ4n) is 7.54. The molecule has 1 aromatic carbocycles. The van der Waals surface area contributed by atoms with Crippen molar-refractivity contribution in [3.05, 3.63) is 58.5 Å². The second-order valence-corrected chi connectivity index (χ2v) is 17.6. The highest BCUT2D eigenvalue weighted by molar-refractivity contribution is 6.13. The number of carbonyl (C=O) groups excluding carboxylic acids is 11. The number of nitrogens with two attached hydrogens (primary N) is 1. The van der Waals surface area contributed by atoms with E-state index in [1.54, 1.807) is 30.3 Å². The molecule has 0 saturated carbocycles. The number of ether oxygens (including phenoxy) is 1. The zero-order chi connectivity index (χ0) is 56.5. The number of guanidine groups is 1. The number of nitrogens with zero attached hydrogens (tertiary/aromatic N) is 4. The molecule has 2 aliphatic heterocycles. The highest BCUT2D eigenvalue weighted by Crippen LogP contribution is 2.10. The lowest BCUT2D eigenvalue weighted by Gasteiger charge is -2.26. The minimum Gasteiger partial charge on any atom is -0.481 e. The first-order valence-electron chi connectivity index (χ1n) is 24.9. The number of amides is 11. The number of aliphatic carboxylic acids is 1. The summed E-state index contributed by atoms with van der Waals surface area (Å²) >= 11 is 0. The van der Waals surface area contributed by atoms with E-state index in [0.717, 1.165) is 17.1 Å². The highest BCUT2D eigenvalue weighted by Gasteiger charge is 2.33. The zero-order valence-electron chi connectivity index (χ0n) is 42.4. The number of azide groups is 1. The molecule has 30 nitrogen and oxygen atoms in total. The third-order valence-electron chi connectivity index (χ3n) is 11.5. The second kappa shape index (κ2) is 34.8. The van der Waals surface area contributed by atoms with E-state index in [9.17, 15) is 62.6 Å². The molecule has 2 heterocycles. The van der Waals surface area contributed by atoms with E-state index in [1.807, 2.05) is 0 Å². The molecule has 0 radical (unpaired) electrons. The molecule has 77 heavy (non-hydrogen) atoms. The lowest BCUT2D eigenvalue weighted by atomic mass is 10.0. The molecule has 5 atom stereocenters. The van der Waals surface area contributed by atoms with Crippen LogP contribution in [0.5, 0.6) is 0 Å². The van der Waals surface area contributed by atoms with Crippen LogP contribution in [0.25, 0.3) is 10.4 Å². The molecule has 1 fully saturated rings. The van der Waals surface area contributed by atoms with Crippen molar-refractivity contribution in [1.29, 1.82) is 5.41 Å². The number of carbonyl (C=O) groups is 12. The Balaban J connectivity index is 1.57. The van der Waals surface area contributed by atoms with Crippen LogP contribution in [-0.4, -0.2) is 176 Å². The normalized spacial score (nSPS) is 18.3. The molecular weight excluding hydrogens is 1010 g/mol. The molecule has 1 saturated heterocycles. The van der Waals surface area contributed by atoms with Crippen LogP contribution >= 0.6 is 0 Å². The predicted molar refractivity (Wildman–Crippen MR) is 271 cm³/mol. The van der Waals surface area contributed by atoms with E-state index >= 15 is 0 Å². The van der Waals surface area contributed by atoms with Crippen LogP contribution in [0.15, 0.2) is 47.6 Å². The number of unbranched alkanes of at least 4 members (excludes halogenated alkanes) is 2. The molecule has 30 heteroatoms. The summed E-state index contributed by atoms with van der Waals surface area (Å²) in [5, 5.41) is 45.7. The Labute approximate surface area is 442 Å². The van der Waals surface area contributed by atoms with Crippen molar-refractivity contribution >= 4 is 76.9 Å². The Morgan fingerprint density at radius 3 is 2.01 bits per heavy atom. The van der Waals surface area contributed by atoms with E-state index in [2.05, 4.69) is 63.2 Å². The molecule has 2 aliphatic rings. The van der Waals surface area contributed by atoms with Crippen LogP contribution in [0.3, 0.4) is 0 Å². The van der Waals surface area contributed by atoms with E-state index in [4.69, 9.17) is 21.4 Å². The van der Waals surface area contributed by atoms with Crippen LogP contribution < -0.4 is 58.9 Å². The largest absolute Gasteiger partial charge is 0.481 e. The first-order chi connectivity index (χ1) is 36.9. The smallest absolute Gasteiger partial charge is 0.305 e. The fraction of sp³-hybridized carbons (Fsp3) is 0.553. The first-order valence-corrected chi connectivity index (χ1v) is 24.9. The summed E-state index contributed by atoms with van der Waals surface area (Å²) in [6.07, 6.45) is 2.59. The quantitative estimate of drug-likeness (QED) is 0.00646. The SMILES string of the molecule is [N-]=[N+]=NCC(=O)NCCCC[C@H](NC(=O)CCN1C(=O)C=CC1=O)C(=O)NCCOCCC(=O)NCCCC[C@@H]1NC(=O)[C@@H](Cc2ccccc2)NC(=O)[C@H](CC(=O)O)NC(=O)CNC(=O)[C@H](CCCNC(=N)N)NC1=O. The van der Waals surface area contributed by atoms with Gasteiger partial charge in [0.15, 0.2) is 5.96 Å². The Morgan fingerprint density at radius 1 is 0.727 bits per heavy atom. The molecule has 0 spiro atoms. The van der Waals surface area contributed by atoms with Crippen molar-refractivity contribution in [1.82, 2.24) is 58.1 Å². The van der Waals surface area contributed by atoms with Gasteiger partial charge in [-0.1, -0.05) is 35.4 Å². The van der Waals surface area contributed by atoms with Gasteiger partial charge < -0.3 is 68.7 Å². The molecule has 0 bridgehead atoms. The molecule has 1 aromatic rings. The van der Waals surface area contributed by atoms with Gasteiger partial charge in [0, 0.05) is 69.0 Å². The molecule has 11 amide bonds. The van der Waals surface area contributed by atoms with Crippen molar-refractivity contribution in [3.63, 3.8) is 0 Å². The van der Waals surface area contributed by atoms with Crippen LogP contribution in [0.1, 0.15) is 76.2 Å². The van der Waals surface area contributed by atoms with Crippen molar-refractivity contribution < 1.29 is 67.4 Å². The number of rotatable bonds is 31. The number of benzene rings is 1. The second-order valence-electron chi connectivity index (χ2n) is 17.6. The summed E-state index contributed by atoms with van der Waals surface area (Å²) in [6, 6.07) is 1.91. The third kappa shape index (κ3) is 25.4. The number of hydrogen-bond donors (Lipinski definition) is 13. The van der Waals surface area contributed by atoms with Crippen molar-refractivity contribution in [2.45, 2.75) is 107 Å². The molecule has 3 rings (SSSR count). The number of carboxylic acids is 1. The maximum atomic E-state index is 14.0. The monoisotopic (exact) mass is 1080 g/mol. The summed E-state index contributed by atoms with van der Waals surface area (Å²) in [5.74, 6) is -9.24. The lowest BCUT2D eigenvalue weighted by Crippen LogP contribution is -2.58.